The van der Waals surface area contributed by atoms with Crippen LogP contribution in [0.2, 0.25) is 0 Å². The van der Waals surface area contributed by atoms with Gasteiger partial charge in [-0.1, -0.05) is 36.8 Å². The third-order valence-corrected chi connectivity index (χ3v) is 4.34. The van der Waals surface area contributed by atoms with Gasteiger partial charge in [0.1, 0.15) is 11.4 Å². The molecule has 0 radical (unpaired) electrons. The second-order valence-corrected chi connectivity index (χ2v) is 6.98. The zero-order valence-corrected chi connectivity index (χ0v) is 15.4. The zero-order chi connectivity index (χ0) is 17.8. The minimum atomic E-state index is 0.474. The predicted octanol–water partition coefficient (Wildman–Crippen LogP) is 2.85. The van der Waals surface area contributed by atoms with Crippen LogP contribution in [0.4, 0.5) is 0 Å². The summed E-state index contributed by atoms with van der Waals surface area (Å²) >= 11 is 1.45. The molecule has 0 N–H and O–H groups in total. The number of aromatic nitrogens is 6. The first-order valence-electron chi connectivity index (χ1n) is 7.94. The largest absolute Gasteiger partial charge is 0.494 e. The Hall–Kier alpha value is -2.42. The highest BCUT2D eigenvalue weighted by atomic mass is 32.2. The highest BCUT2D eigenvalue weighted by molar-refractivity contribution is 7.98. The third-order valence-electron chi connectivity index (χ3n) is 3.43. The van der Waals surface area contributed by atoms with Crippen molar-refractivity contribution in [3.8, 4) is 11.4 Å². The standard InChI is InChI=1S/C16H20N6O2S/c1-10(2)7-15-17-14(19-24-15)9-25-16-18-20-21-22(16)12-8-11(3)5-6-13(12)23-4/h5-6,8,10H,7,9H2,1-4H3. The summed E-state index contributed by atoms with van der Waals surface area (Å²) in [4.78, 5) is 4.40. The smallest absolute Gasteiger partial charge is 0.226 e. The molecule has 0 aliphatic carbocycles. The van der Waals surface area contributed by atoms with E-state index in [1.807, 2.05) is 25.1 Å². The lowest BCUT2D eigenvalue weighted by atomic mass is 10.1. The molecule has 0 saturated heterocycles. The van der Waals surface area contributed by atoms with Crippen LogP contribution in [-0.2, 0) is 12.2 Å². The van der Waals surface area contributed by atoms with Gasteiger partial charge in [0.25, 0.3) is 0 Å². The number of benzene rings is 1. The summed E-state index contributed by atoms with van der Waals surface area (Å²) in [6, 6.07) is 5.86. The Balaban J connectivity index is 1.76. The monoisotopic (exact) mass is 360 g/mol. The average Bonchev–Trinajstić information content (AvgIpc) is 3.21. The molecule has 0 aliphatic rings. The Kier molecular flexibility index (Phi) is 5.32. The first-order chi connectivity index (χ1) is 12.1. The van der Waals surface area contributed by atoms with Crippen LogP contribution in [-0.4, -0.2) is 37.5 Å². The number of hydrogen-bond acceptors (Lipinski definition) is 8. The van der Waals surface area contributed by atoms with E-state index in [4.69, 9.17) is 9.26 Å². The number of tetrazole rings is 1. The van der Waals surface area contributed by atoms with Crippen LogP contribution in [0.15, 0.2) is 27.9 Å². The van der Waals surface area contributed by atoms with Crippen LogP contribution in [0.25, 0.3) is 5.69 Å². The summed E-state index contributed by atoms with van der Waals surface area (Å²) in [6.45, 7) is 6.24. The Bertz CT molecular complexity index is 845. The number of ether oxygens (including phenoxy) is 1. The quantitative estimate of drug-likeness (QED) is 0.594. The fraction of sp³-hybridized carbons (Fsp3) is 0.438. The van der Waals surface area contributed by atoms with Gasteiger partial charge in [-0.15, -0.1) is 5.10 Å². The topological polar surface area (TPSA) is 91.8 Å². The number of hydrogen-bond donors (Lipinski definition) is 0. The molecule has 2 heterocycles. The van der Waals surface area contributed by atoms with Crippen LogP contribution >= 0.6 is 11.8 Å². The normalized spacial score (nSPS) is 11.2. The summed E-state index contributed by atoms with van der Waals surface area (Å²) in [5.41, 5.74) is 1.89. The molecule has 0 amide bonds. The molecule has 1 aromatic carbocycles. The van der Waals surface area contributed by atoms with Gasteiger partial charge >= 0.3 is 0 Å². The van der Waals surface area contributed by atoms with Crippen molar-refractivity contribution >= 4 is 11.8 Å². The van der Waals surface area contributed by atoms with Crippen molar-refractivity contribution in [1.29, 1.82) is 0 Å². The Morgan fingerprint density at radius 1 is 1.32 bits per heavy atom. The molecule has 0 spiro atoms. The number of thioether (sulfide) groups is 1. The minimum Gasteiger partial charge on any atom is -0.494 e. The molecule has 0 saturated carbocycles. The highest BCUT2D eigenvalue weighted by Gasteiger charge is 2.15. The van der Waals surface area contributed by atoms with Crippen molar-refractivity contribution in [2.24, 2.45) is 5.92 Å². The van der Waals surface area contributed by atoms with E-state index in [0.717, 1.165) is 17.7 Å². The van der Waals surface area contributed by atoms with Crippen molar-refractivity contribution in [3.63, 3.8) is 0 Å². The molecule has 0 bridgehead atoms. The van der Waals surface area contributed by atoms with Crippen molar-refractivity contribution < 1.29 is 9.26 Å². The van der Waals surface area contributed by atoms with Gasteiger partial charge in [-0.2, -0.15) is 9.67 Å². The Morgan fingerprint density at radius 2 is 2.16 bits per heavy atom. The van der Waals surface area contributed by atoms with Crippen LogP contribution in [0.3, 0.4) is 0 Å². The zero-order valence-electron chi connectivity index (χ0n) is 14.6. The van der Waals surface area contributed by atoms with E-state index in [2.05, 4.69) is 39.5 Å². The van der Waals surface area contributed by atoms with Gasteiger partial charge in [-0.3, -0.25) is 0 Å². The van der Waals surface area contributed by atoms with Crippen LogP contribution in [0.1, 0.15) is 31.1 Å². The molecular weight excluding hydrogens is 340 g/mol. The van der Waals surface area contributed by atoms with Crippen molar-refractivity contribution in [3.05, 3.63) is 35.5 Å². The number of nitrogens with zero attached hydrogens (tertiary/aromatic N) is 6. The maximum atomic E-state index is 5.42. The van der Waals surface area contributed by atoms with Crippen LogP contribution < -0.4 is 4.74 Å². The van der Waals surface area contributed by atoms with E-state index in [1.54, 1.807) is 11.8 Å². The summed E-state index contributed by atoms with van der Waals surface area (Å²) < 4.78 is 12.3. The molecule has 8 nitrogen and oxygen atoms in total. The molecule has 0 fully saturated rings. The van der Waals surface area contributed by atoms with Gasteiger partial charge < -0.3 is 9.26 Å². The molecule has 3 aromatic rings. The van der Waals surface area contributed by atoms with Crippen molar-refractivity contribution in [1.82, 2.24) is 30.3 Å². The van der Waals surface area contributed by atoms with E-state index in [-0.39, 0.29) is 0 Å². The van der Waals surface area contributed by atoms with Gasteiger partial charge in [-0.05, 0) is 41.0 Å². The van der Waals surface area contributed by atoms with E-state index >= 15 is 0 Å². The van der Waals surface area contributed by atoms with Crippen molar-refractivity contribution in [2.45, 2.75) is 38.1 Å². The fourth-order valence-corrected chi connectivity index (χ4v) is 3.02. The SMILES string of the molecule is COc1ccc(C)cc1-n1nnnc1SCc1noc(CC(C)C)n1. The Labute approximate surface area is 150 Å². The van der Waals surface area contributed by atoms with E-state index in [1.165, 1.54) is 11.8 Å². The molecule has 25 heavy (non-hydrogen) atoms. The van der Waals surface area contributed by atoms with Crippen LogP contribution in [0, 0.1) is 12.8 Å². The summed E-state index contributed by atoms with van der Waals surface area (Å²) in [7, 11) is 1.63. The predicted molar refractivity (Wildman–Crippen MR) is 92.8 cm³/mol. The van der Waals surface area contributed by atoms with Crippen molar-refractivity contribution in [2.75, 3.05) is 7.11 Å². The van der Waals surface area contributed by atoms with Gasteiger partial charge in [0.15, 0.2) is 5.82 Å². The molecule has 0 atom stereocenters. The second-order valence-electron chi connectivity index (χ2n) is 6.04. The molecule has 3 rings (SSSR count). The summed E-state index contributed by atoms with van der Waals surface area (Å²) in [5, 5.41) is 16.6. The lowest BCUT2D eigenvalue weighted by Gasteiger charge is -2.09. The lowest BCUT2D eigenvalue weighted by molar-refractivity contribution is 0.360. The molecular formula is C16H20N6O2S. The number of aryl methyl sites for hydroxylation is 1. The number of methoxy groups -OCH3 is 1. The average molecular weight is 360 g/mol. The third kappa shape index (κ3) is 4.16. The number of rotatable bonds is 7. The van der Waals surface area contributed by atoms with E-state index in [9.17, 15) is 0 Å². The summed E-state index contributed by atoms with van der Waals surface area (Å²) in [5.74, 6) is 2.99. The maximum Gasteiger partial charge on any atom is 0.226 e. The molecule has 0 unspecified atom stereocenters. The first-order valence-corrected chi connectivity index (χ1v) is 8.93. The van der Waals surface area contributed by atoms with Gasteiger partial charge in [0.05, 0.1) is 12.9 Å². The lowest BCUT2D eigenvalue weighted by Crippen LogP contribution is -2.02. The summed E-state index contributed by atoms with van der Waals surface area (Å²) in [6.07, 6.45) is 0.774. The second kappa shape index (κ2) is 7.64. The van der Waals surface area contributed by atoms with Gasteiger partial charge in [-0.25, -0.2) is 0 Å². The molecule has 0 aliphatic heterocycles. The molecule has 132 valence electrons. The van der Waals surface area contributed by atoms with E-state index < -0.39 is 0 Å². The fourth-order valence-electron chi connectivity index (χ4n) is 2.30. The minimum absolute atomic E-state index is 0.474. The molecule has 9 heteroatoms. The van der Waals surface area contributed by atoms with E-state index in [0.29, 0.717) is 34.3 Å². The Morgan fingerprint density at radius 3 is 2.92 bits per heavy atom. The van der Waals surface area contributed by atoms with Gasteiger partial charge in [0.2, 0.25) is 11.0 Å². The first kappa shape index (κ1) is 17.4. The molecule has 2 aromatic heterocycles. The maximum absolute atomic E-state index is 5.42. The highest BCUT2D eigenvalue weighted by Crippen LogP contribution is 2.28. The van der Waals surface area contributed by atoms with Crippen LogP contribution in [0.5, 0.6) is 5.75 Å². The van der Waals surface area contributed by atoms with Gasteiger partial charge in [0, 0.05) is 6.42 Å².